The summed E-state index contributed by atoms with van der Waals surface area (Å²) in [6.07, 6.45) is 4.32. The van der Waals surface area contributed by atoms with Crippen LogP contribution in [0.4, 0.5) is 4.79 Å². The van der Waals surface area contributed by atoms with Crippen molar-refractivity contribution in [3.05, 3.63) is 118 Å². The Labute approximate surface area is 704 Å². The van der Waals surface area contributed by atoms with Gasteiger partial charge in [-0.2, -0.15) is 0 Å². The molecule has 1 fully saturated rings. The molecule has 3 aromatic carbocycles. The third-order valence-electron chi connectivity index (χ3n) is 21.1. The van der Waals surface area contributed by atoms with Crippen molar-refractivity contribution in [3.63, 3.8) is 0 Å². The summed E-state index contributed by atoms with van der Waals surface area (Å²) in [4.78, 5) is 197. The number of rotatable bonds is 58. The Morgan fingerprint density at radius 1 is 0.703 bits per heavy atom. The predicted molar refractivity (Wildman–Crippen MR) is 451 cm³/mol. The summed E-state index contributed by atoms with van der Waals surface area (Å²) in [5.74, 6) is -13.6. The molecule has 0 bridgehead atoms. The van der Waals surface area contributed by atoms with Crippen LogP contribution in [-0.2, 0) is 91.0 Å². The number of carboxylic acid groups (broad SMARTS) is 2. The summed E-state index contributed by atoms with van der Waals surface area (Å²) >= 11 is 1.05. The number of ketones is 5. The lowest BCUT2D eigenvalue weighted by molar-refractivity contribution is -0.162. The van der Waals surface area contributed by atoms with Gasteiger partial charge in [-0.1, -0.05) is 162 Å². The number of Topliss-reactive ketones (excluding diaryl/α,β-unsaturated/α-hetero) is 5. The third kappa shape index (κ3) is 36.3. The molecule has 650 valence electrons. The molecule has 2 heterocycles. The SMILES string of the molecule is CCCC(=O)OCN(C(=O)[C@@H](CC(=O)[C@H]1CCCCN1C)C(C)CC)[C@H](C[C@H](OC(C)=O)c1nc(C(=O)N[C@@H](Cc2ccc(O)cc2)C[C@H](C)C(=O)CNC(=O)OCCSSC[C@H](CC(=O)[C@H](CC(=O)O)NC(=O)[C@@H](N)CNC(=O)[C@@H](CC(=O)[C@@H](CC(=O)CCCCCCNC)Cc2ccccc2)Cc2ccccc2)C(=O)O)cs1)C(C)C. The normalized spacial score (nSPS) is 15.7. The maximum atomic E-state index is 15.1. The van der Waals surface area contributed by atoms with Crippen LogP contribution in [0.15, 0.2) is 90.3 Å². The van der Waals surface area contributed by atoms with E-state index in [0.29, 0.717) is 37.7 Å². The van der Waals surface area contributed by atoms with Crippen molar-refractivity contribution in [3.8, 4) is 5.75 Å². The lowest BCUT2D eigenvalue weighted by Crippen LogP contribution is -2.53. The number of amides is 5. The Morgan fingerprint density at radius 3 is 1.97 bits per heavy atom. The number of nitrogens with zero attached hydrogens (tertiary/aromatic N) is 3. The van der Waals surface area contributed by atoms with E-state index in [9.17, 15) is 77.6 Å². The van der Waals surface area contributed by atoms with Crippen LogP contribution in [0.25, 0.3) is 0 Å². The topological polar surface area (TPSA) is 433 Å². The van der Waals surface area contributed by atoms with Gasteiger partial charge in [-0.25, -0.2) is 9.78 Å². The second kappa shape index (κ2) is 53.6. The van der Waals surface area contributed by atoms with E-state index in [1.54, 1.807) is 49.4 Å². The first-order chi connectivity index (χ1) is 56.3. The van der Waals surface area contributed by atoms with Crippen LogP contribution < -0.4 is 32.3 Å². The van der Waals surface area contributed by atoms with Gasteiger partial charge < -0.3 is 66.7 Å². The van der Waals surface area contributed by atoms with Gasteiger partial charge in [-0.3, -0.25) is 67.2 Å². The number of aromatic nitrogens is 1. The van der Waals surface area contributed by atoms with Crippen LogP contribution in [-0.4, -0.2) is 208 Å². The van der Waals surface area contributed by atoms with E-state index in [1.807, 2.05) is 83.9 Å². The highest BCUT2D eigenvalue weighted by Crippen LogP contribution is 2.35. The van der Waals surface area contributed by atoms with Gasteiger partial charge in [0.1, 0.15) is 40.7 Å². The highest BCUT2D eigenvalue weighted by molar-refractivity contribution is 8.76. The Morgan fingerprint density at radius 2 is 1.36 bits per heavy atom. The summed E-state index contributed by atoms with van der Waals surface area (Å²) in [6.45, 7) is 12.4. The minimum absolute atomic E-state index is 0.00113. The molecule has 29 nitrogen and oxygen atoms in total. The number of likely N-dealkylation sites (N-methyl/N-ethyl adjacent to an activating group) is 1. The van der Waals surface area contributed by atoms with Gasteiger partial charge in [-0.15, -0.1) is 11.3 Å². The van der Waals surface area contributed by atoms with E-state index in [1.165, 1.54) is 29.3 Å². The van der Waals surface area contributed by atoms with Crippen molar-refractivity contribution in [2.45, 2.75) is 220 Å². The van der Waals surface area contributed by atoms with E-state index in [2.05, 4.69) is 31.6 Å². The lowest BCUT2D eigenvalue weighted by atomic mass is 9.82. The molecule has 1 unspecified atom stereocenters. The van der Waals surface area contributed by atoms with Crippen LogP contribution in [0.1, 0.15) is 202 Å². The molecule has 4 aromatic rings. The van der Waals surface area contributed by atoms with Crippen LogP contribution in [0.5, 0.6) is 5.75 Å². The zero-order valence-electron chi connectivity index (χ0n) is 69.6. The number of piperidine rings is 1. The monoisotopic (exact) mass is 1700 g/mol. The first kappa shape index (κ1) is 99.6. The number of carboxylic acids is 2. The molecule has 1 saturated heterocycles. The molecule has 32 heteroatoms. The van der Waals surface area contributed by atoms with E-state index in [4.69, 9.17) is 19.9 Å². The minimum Gasteiger partial charge on any atom is -0.508 e. The number of phenols is 1. The zero-order valence-corrected chi connectivity index (χ0v) is 72.0. The summed E-state index contributed by atoms with van der Waals surface area (Å²) in [6, 6.07) is 19.5. The number of likely N-dealkylation sites (tertiary alicyclic amines) is 1. The average molecular weight is 1700 g/mol. The zero-order chi connectivity index (χ0) is 86.8. The molecule has 118 heavy (non-hydrogen) atoms. The Balaban J connectivity index is 1.14. The number of nitrogens with two attached hydrogens (primary N) is 1. The van der Waals surface area contributed by atoms with Crippen LogP contribution in [0.2, 0.25) is 0 Å². The molecule has 10 N–H and O–H groups in total. The van der Waals surface area contributed by atoms with Crippen molar-refractivity contribution in [1.29, 1.82) is 0 Å². The molecule has 12 atom stereocenters. The van der Waals surface area contributed by atoms with Crippen molar-refractivity contribution in [2.75, 3.05) is 65.1 Å². The predicted octanol–water partition coefficient (Wildman–Crippen LogP) is 10.0. The fourth-order valence-electron chi connectivity index (χ4n) is 14.1. The molecule has 1 aliphatic heterocycles. The number of thiazole rings is 1. The maximum absolute atomic E-state index is 15.1. The second-order valence-electron chi connectivity index (χ2n) is 31.0. The van der Waals surface area contributed by atoms with Gasteiger partial charge in [0.2, 0.25) is 17.7 Å². The molecule has 1 aromatic heterocycles. The number of hydrogen-bond acceptors (Lipinski definition) is 25. The number of phenolic OH excluding ortho intramolecular Hbond substituents is 1. The number of hydrogen-bond donors (Lipinski definition) is 9. The molecule has 0 aliphatic carbocycles. The molecule has 0 spiro atoms. The van der Waals surface area contributed by atoms with Crippen LogP contribution >= 0.6 is 32.9 Å². The number of carbonyl (C=O) groups excluding carboxylic acids is 12. The summed E-state index contributed by atoms with van der Waals surface area (Å²) in [7, 11) is 5.92. The van der Waals surface area contributed by atoms with E-state index in [0.717, 1.165) is 89.2 Å². The van der Waals surface area contributed by atoms with Crippen LogP contribution in [0.3, 0.4) is 0 Å². The second-order valence-corrected chi connectivity index (χ2v) is 34.5. The van der Waals surface area contributed by atoms with Gasteiger partial charge in [0.25, 0.3) is 5.91 Å². The molecule has 1 aliphatic rings. The summed E-state index contributed by atoms with van der Waals surface area (Å²) < 4.78 is 17.0. The molecule has 0 radical (unpaired) electrons. The lowest BCUT2D eigenvalue weighted by Gasteiger charge is -2.39. The van der Waals surface area contributed by atoms with Crippen LogP contribution in [0, 0.1) is 41.4 Å². The Bertz CT molecular complexity index is 3890. The van der Waals surface area contributed by atoms with Crippen molar-refractivity contribution in [1.82, 2.24) is 41.4 Å². The first-order valence-corrected chi connectivity index (χ1v) is 44.3. The van der Waals surface area contributed by atoms with Gasteiger partial charge in [0.05, 0.1) is 31.0 Å². The number of ether oxygens (including phenoxy) is 3. The number of aromatic hydroxyl groups is 1. The quantitative estimate of drug-likeness (QED) is 0.00652. The smallest absolute Gasteiger partial charge is 0.407 e. The van der Waals surface area contributed by atoms with Gasteiger partial charge in [0, 0.05) is 111 Å². The number of esters is 2. The standard InChI is InChI=1S/C86H123N9O20S3/c1-10-24-79(105)114-53-95(84(109)67(55(5)11-2)46-75(101)71-30-21-23-36-94(71)9)72(54(3)4)48-77(115-57(7)96)83-93-70(52-116-83)82(108)91-64(42-60-31-33-65(97)34-32-60)39-56(6)76(102)50-90-86(112)113-37-38-117-118-51-63(85(110)111)45-74(100)69(47-78(103)104)92-81(107)68(87)49-89-80(106)62(41-59-27-18-15-19-28-59)44-73(99)61(40-58-25-16-14-17-26-58)43-66(98)29-20-12-13-22-35-88-8/h14-19,25-28,31-34,52,54-56,61-64,67-69,71-72,77,88,97H,10-13,20-24,29-30,35-51,53,87H2,1-9H3,(H,89,106)(H,90,112)(H,91,108)(H,92,107)(H,103,104)(H,110,111)/t55?,56-,61+,62+,63-,64+,67-,68-,69-,71+,72+,77-/m0/s1. The minimum atomic E-state index is -1.71. The molecular weight excluding hydrogens is 1580 g/mol. The van der Waals surface area contributed by atoms with Gasteiger partial charge in [-0.05, 0) is 126 Å². The van der Waals surface area contributed by atoms with Crippen molar-refractivity contribution >= 4 is 115 Å². The van der Waals surface area contributed by atoms with E-state index in [-0.39, 0.29) is 133 Å². The molecule has 5 amide bonds. The Kier molecular flexibility index (Phi) is 45.2. The number of unbranched alkanes of at least 4 members (excludes halogenated alkanes) is 3. The largest absolute Gasteiger partial charge is 0.508 e. The molecule has 0 saturated carbocycles. The first-order valence-electron chi connectivity index (χ1n) is 41.0. The van der Waals surface area contributed by atoms with Crippen molar-refractivity contribution < 1.29 is 96.7 Å². The van der Waals surface area contributed by atoms with E-state index >= 15 is 4.79 Å². The molecular formula is C86H123N9O20S3. The molecule has 5 rings (SSSR count). The number of alkyl carbamates (subject to hydrolysis) is 1. The fraction of sp³-hybridized carbons (Fsp3) is 0.593. The van der Waals surface area contributed by atoms with E-state index < -0.39 is 152 Å². The summed E-state index contributed by atoms with van der Waals surface area (Å²) in [5.41, 5.74) is 8.49. The number of carbonyl (C=O) groups is 14. The van der Waals surface area contributed by atoms with Gasteiger partial charge >= 0.3 is 30.0 Å². The van der Waals surface area contributed by atoms with Gasteiger partial charge in [0.15, 0.2) is 30.2 Å². The van der Waals surface area contributed by atoms with Crippen molar-refractivity contribution in [2.24, 2.45) is 47.2 Å². The number of aliphatic carboxylic acids is 2. The number of nitrogens with one attached hydrogen (secondary N) is 5. The highest BCUT2D eigenvalue weighted by Gasteiger charge is 2.41. The maximum Gasteiger partial charge on any atom is 0.407 e. The fourth-order valence-corrected chi connectivity index (χ4v) is 17.0. The number of benzene rings is 3. The average Bonchev–Trinajstić information content (AvgIpc) is 1.33. The summed E-state index contributed by atoms with van der Waals surface area (Å²) in [5, 5.41) is 45.2. The Hall–Kier alpha value is -8.95. The third-order valence-corrected chi connectivity index (χ3v) is 24.5. The highest BCUT2D eigenvalue weighted by atomic mass is 33.1.